The highest BCUT2D eigenvalue weighted by atomic mass is 32.2. The van der Waals surface area contributed by atoms with Crippen LogP contribution >= 0.6 is 0 Å². The van der Waals surface area contributed by atoms with Crippen LogP contribution in [0.25, 0.3) is 0 Å². The molecule has 8 heteroatoms. The van der Waals surface area contributed by atoms with Crippen LogP contribution in [-0.2, 0) is 21.2 Å². The summed E-state index contributed by atoms with van der Waals surface area (Å²) in [6.45, 7) is 0. The quantitative estimate of drug-likeness (QED) is 0.841. The Labute approximate surface area is 131 Å². The summed E-state index contributed by atoms with van der Waals surface area (Å²) in [5.41, 5.74) is 0.599. The second kappa shape index (κ2) is 6.84. The van der Waals surface area contributed by atoms with E-state index in [1.54, 1.807) is 30.3 Å². The van der Waals surface area contributed by atoms with E-state index in [4.69, 9.17) is 0 Å². The molecule has 5 nitrogen and oxygen atoms in total. The molecule has 2 rings (SSSR count). The first kappa shape index (κ1) is 17.0. The Morgan fingerprint density at radius 2 is 1.78 bits per heavy atom. The van der Waals surface area contributed by atoms with Crippen molar-refractivity contribution in [2.45, 2.75) is 17.4 Å². The van der Waals surface area contributed by atoms with Gasteiger partial charge in [0.1, 0.15) is 22.6 Å². The Balaban J connectivity index is 2.26. The van der Waals surface area contributed by atoms with Gasteiger partial charge in [0.25, 0.3) is 0 Å². The van der Waals surface area contributed by atoms with Crippen molar-refractivity contribution in [2.75, 3.05) is 0 Å². The molecule has 2 aromatic rings. The van der Waals surface area contributed by atoms with Crippen molar-refractivity contribution in [3.63, 3.8) is 0 Å². The Morgan fingerprint density at radius 1 is 1.13 bits per heavy atom. The average Bonchev–Trinajstić information content (AvgIpc) is 2.46. The summed E-state index contributed by atoms with van der Waals surface area (Å²) in [5, 5.41) is 9.18. The molecule has 0 amide bonds. The summed E-state index contributed by atoms with van der Waals surface area (Å²) in [6, 6.07) is 8.85. The SMILES string of the molecule is O=C(O)C(Cc1ccccc1)NS(=O)(=O)c1ccc(F)cc1F. The Morgan fingerprint density at radius 3 is 2.35 bits per heavy atom. The fraction of sp³-hybridized carbons (Fsp3) is 0.133. The van der Waals surface area contributed by atoms with E-state index in [0.717, 1.165) is 12.1 Å². The molecule has 0 saturated heterocycles. The number of aliphatic carboxylic acids is 1. The Bertz CT molecular complexity index is 809. The number of benzene rings is 2. The van der Waals surface area contributed by atoms with E-state index in [1.165, 1.54) is 0 Å². The summed E-state index contributed by atoms with van der Waals surface area (Å²) in [4.78, 5) is 10.5. The molecule has 2 N–H and O–H groups in total. The average molecular weight is 341 g/mol. The zero-order chi connectivity index (χ0) is 17.0. The number of hydrogen-bond donors (Lipinski definition) is 2. The molecule has 0 radical (unpaired) electrons. The third-order valence-electron chi connectivity index (χ3n) is 3.06. The highest BCUT2D eigenvalue weighted by molar-refractivity contribution is 7.89. The zero-order valence-corrected chi connectivity index (χ0v) is 12.6. The first-order valence-corrected chi connectivity index (χ1v) is 8.02. The van der Waals surface area contributed by atoms with Crippen LogP contribution in [0, 0.1) is 11.6 Å². The van der Waals surface area contributed by atoms with Crippen molar-refractivity contribution in [1.29, 1.82) is 0 Å². The summed E-state index contributed by atoms with van der Waals surface area (Å²) in [5.74, 6) is -3.62. The van der Waals surface area contributed by atoms with E-state index in [9.17, 15) is 27.1 Å². The largest absolute Gasteiger partial charge is 0.480 e. The molecule has 0 fully saturated rings. The number of hydrogen-bond acceptors (Lipinski definition) is 3. The second-order valence-corrected chi connectivity index (χ2v) is 6.46. The summed E-state index contributed by atoms with van der Waals surface area (Å²) < 4.78 is 52.7. The Kier molecular flexibility index (Phi) is 5.07. The zero-order valence-electron chi connectivity index (χ0n) is 11.7. The highest BCUT2D eigenvalue weighted by Crippen LogP contribution is 2.16. The van der Waals surface area contributed by atoms with Gasteiger partial charge in [0.2, 0.25) is 10.0 Å². The molecule has 0 heterocycles. The standard InChI is InChI=1S/C15H13F2NO4S/c16-11-6-7-14(12(17)9-11)23(21,22)18-13(15(19)20)8-10-4-2-1-3-5-10/h1-7,9,13,18H,8H2,(H,19,20). The van der Waals surface area contributed by atoms with E-state index in [1.807, 2.05) is 4.72 Å². The molecule has 0 aliphatic heterocycles. The third-order valence-corrected chi connectivity index (χ3v) is 4.57. The monoisotopic (exact) mass is 341 g/mol. The van der Waals surface area contributed by atoms with E-state index in [2.05, 4.69) is 0 Å². The van der Waals surface area contributed by atoms with Crippen molar-refractivity contribution in [1.82, 2.24) is 4.72 Å². The van der Waals surface area contributed by atoms with Crippen LogP contribution in [0.15, 0.2) is 53.4 Å². The molecule has 0 aromatic heterocycles. The van der Waals surface area contributed by atoms with Gasteiger partial charge >= 0.3 is 5.97 Å². The van der Waals surface area contributed by atoms with Gasteiger partial charge in [0.05, 0.1) is 0 Å². The van der Waals surface area contributed by atoms with Crippen molar-refractivity contribution in [3.05, 3.63) is 65.7 Å². The molecular formula is C15H13F2NO4S. The fourth-order valence-electron chi connectivity index (χ4n) is 1.97. The molecule has 0 spiro atoms. The Hall–Kier alpha value is -2.32. The van der Waals surface area contributed by atoms with Crippen LogP contribution in [0.4, 0.5) is 8.78 Å². The van der Waals surface area contributed by atoms with Crippen molar-refractivity contribution < 1.29 is 27.1 Å². The van der Waals surface area contributed by atoms with Crippen molar-refractivity contribution in [3.8, 4) is 0 Å². The van der Waals surface area contributed by atoms with Gasteiger partial charge in [0, 0.05) is 6.07 Å². The van der Waals surface area contributed by atoms with Gasteiger partial charge in [0.15, 0.2) is 0 Å². The lowest BCUT2D eigenvalue weighted by molar-refractivity contribution is -0.138. The van der Waals surface area contributed by atoms with Crippen LogP contribution in [0.2, 0.25) is 0 Å². The molecule has 1 unspecified atom stereocenters. The molecule has 0 aliphatic carbocycles. The minimum absolute atomic E-state index is 0.113. The lowest BCUT2D eigenvalue weighted by Gasteiger charge is -2.15. The van der Waals surface area contributed by atoms with E-state index < -0.39 is 38.6 Å². The van der Waals surface area contributed by atoms with E-state index in [0.29, 0.717) is 11.6 Å². The number of sulfonamides is 1. The first-order chi connectivity index (χ1) is 10.8. The number of rotatable bonds is 6. The van der Waals surface area contributed by atoms with Gasteiger partial charge in [-0.1, -0.05) is 30.3 Å². The van der Waals surface area contributed by atoms with Gasteiger partial charge in [-0.2, -0.15) is 4.72 Å². The predicted molar refractivity (Wildman–Crippen MR) is 78.2 cm³/mol. The lowest BCUT2D eigenvalue weighted by Crippen LogP contribution is -2.42. The molecule has 1 atom stereocenters. The second-order valence-electron chi connectivity index (χ2n) is 4.78. The van der Waals surface area contributed by atoms with Crippen LogP contribution in [0.1, 0.15) is 5.56 Å². The topological polar surface area (TPSA) is 83.5 Å². The van der Waals surface area contributed by atoms with Crippen molar-refractivity contribution >= 4 is 16.0 Å². The predicted octanol–water partition coefficient (Wildman–Crippen LogP) is 1.94. The molecule has 122 valence electrons. The van der Waals surface area contributed by atoms with E-state index in [-0.39, 0.29) is 6.42 Å². The fourth-order valence-corrected chi connectivity index (χ4v) is 3.22. The van der Waals surface area contributed by atoms with Crippen molar-refractivity contribution in [2.24, 2.45) is 0 Å². The maximum atomic E-state index is 13.6. The lowest BCUT2D eigenvalue weighted by atomic mass is 10.1. The van der Waals surface area contributed by atoms with Gasteiger partial charge in [-0.3, -0.25) is 4.79 Å². The summed E-state index contributed by atoms with van der Waals surface area (Å²) in [6.07, 6.45) is -0.113. The molecular weight excluding hydrogens is 328 g/mol. The first-order valence-electron chi connectivity index (χ1n) is 6.54. The number of halogens is 2. The highest BCUT2D eigenvalue weighted by Gasteiger charge is 2.27. The number of carbonyl (C=O) groups is 1. The number of carboxylic acid groups (broad SMARTS) is 1. The van der Waals surface area contributed by atoms with Gasteiger partial charge in [-0.05, 0) is 24.1 Å². The molecule has 23 heavy (non-hydrogen) atoms. The maximum absolute atomic E-state index is 13.6. The normalized spacial score (nSPS) is 12.8. The van der Waals surface area contributed by atoms with Gasteiger partial charge in [-0.15, -0.1) is 0 Å². The van der Waals surface area contributed by atoms with Crippen LogP contribution in [0.5, 0.6) is 0 Å². The minimum Gasteiger partial charge on any atom is -0.480 e. The molecule has 0 saturated carbocycles. The minimum atomic E-state index is -4.44. The van der Waals surface area contributed by atoms with Crippen LogP contribution in [0.3, 0.4) is 0 Å². The third kappa shape index (κ3) is 4.33. The number of carboxylic acids is 1. The molecule has 0 aliphatic rings. The maximum Gasteiger partial charge on any atom is 0.322 e. The van der Waals surface area contributed by atoms with Crippen LogP contribution < -0.4 is 4.72 Å². The molecule has 0 bridgehead atoms. The number of nitrogens with one attached hydrogen (secondary N) is 1. The smallest absolute Gasteiger partial charge is 0.322 e. The molecule has 2 aromatic carbocycles. The summed E-state index contributed by atoms with van der Waals surface area (Å²) >= 11 is 0. The van der Waals surface area contributed by atoms with Gasteiger partial charge < -0.3 is 5.11 Å². The van der Waals surface area contributed by atoms with Crippen LogP contribution in [-0.4, -0.2) is 25.5 Å². The van der Waals surface area contributed by atoms with Gasteiger partial charge in [-0.25, -0.2) is 17.2 Å². The van der Waals surface area contributed by atoms with E-state index >= 15 is 0 Å². The summed E-state index contributed by atoms with van der Waals surface area (Å²) in [7, 11) is -4.44.